The highest BCUT2D eigenvalue weighted by molar-refractivity contribution is 7.81. The molecule has 24 heavy (non-hydrogen) atoms. The molecule has 4 heteroatoms. The Morgan fingerprint density at radius 2 is 1.21 bits per heavy atom. The number of benzene rings is 3. The number of hydrogen-bond acceptors (Lipinski definition) is 2. The summed E-state index contributed by atoms with van der Waals surface area (Å²) < 4.78 is 15.8. The smallest absolute Gasteiger partial charge is 0.237 e. The largest absolute Gasteiger partial charge is 0.289 e. The molecule has 118 valence electrons. The molecule has 0 saturated carbocycles. The predicted molar refractivity (Wildman–Crippen MR) is 97.4 cm³/mol. The lowest BCUT2D eigenvalue weighted by Gasteiger charge is -2.29. The number of nitrogens with zero attached hydrogens (tertiary/aromatic N) is 1. The summed E-state index contributed by atoms with van der Waals surface area (Å²) in [5.74, 6) is -0.118. The molecule has 1 amide bonds. The molecule has 0 saturated heterocycles. The summed E-state index contributed by atoms with van der Waals surface area (Å²) in [5, 5.41) is 1.34. The van der Waals surface area contributed by atoms with Crippen LogP contribution in [0.5, 0.6) is 0 Å². The van der Waals surface area contributed by atoms with E-state index < -0.39 is 7.29 Å². The van der Waals surface area contributed by atoms with E-state index in [9.17, 15) is 9.36 Å². The number of anilines is 1. The molecule has 4 rings (SSSR count). The molecule has 1 aliphatic heterocycles. The van der Waals surface area contributed by atoms with Crippen LogP contribution in [0.25, 0.3) is 0 Å². The highest BCUT2D eigenvalue weighted by atomic mass is 31.2. The number of fused-ring (bicyclic) bond motifs is 1. The van der Waals surface area contributed by atoms with E-state index in [2.05, 4.69) is 0 Å². The van der Waals surface area contributed by atoms with Gasteiger partial charge in [-0.15, -0.1) is 0 Å². The van der Waals surface area contributed by atoms with Crippen LogP contribution < -0.4 is 15.3 Å². The van der Waals surface area contributed by atoms with Gasteiger partial charge < -0.3 is 0 Å². The van der Waals surface area contributed by atoms with E-state index in [1.807, 2.05) is 84.9 Å². The Hall–Kier alpha value is -2.64. The minimum absolute atomic E-state index is 0.118. The molecular weight excluding hydrogens is 317 g/mol. The quantitative estimate of drug-likeness (QED) is 0.688. The maximum atomic E-state index is 14.3. The molecule has 0 bridgehead atoms. The van der Waals surface area contributed by atoms with Gasteiger partial charge >= 0.3 is 0 Å². The van der Waals surface area contributed by atoms with Crippen molar-refractivity contribution in [3.8, 4) is 0 Å². The van der Waals surface area contributed by atoms with E-state index >= 15 is 0 Å². The third kappa shape index (κ3) is 2.21. The van der Waals surface area contributed by atoms with Gasteiger partial charge in [0.15, 0.2) is 0 Å². The van der Waals surface area contributed by atoms with E-state index in [0.717, 1.165) is 11.3 Å². The number of carbonyl (C=O) groups is 1. The molecule has 3 nitrogen and oxygen atoms in total. The number of rotatable bonds is 3. The van der Waals surface area contributed by atoms with Crippen LogP contribution >= 0.6 is 7.29 Å². The zero-order valence-corrected chi connectivity index (χ0v) is 13.9. The standard InChI is InChI=1S/C20H16NO2P/c22-20-15-16-9-7-8-14-19(16)21(20)24(23,17-10-3-1-4-11-17)18-12-5-2-6-13-18/h1-14H,15H2. The highest BCUT2D eigenvalue weighted by Gasteiger charge is 2.43. The van der Waals surface area contributed by atoms with Gasteiger partial charge in [0.2, 0.25) is 13.2 Å². The van der Waals surface area contributed by atoms with E-state index in [1.54, 1.807) is 0 Å². The van der Waals surface area contributed by atoms with Crippen molar-refractivity contribution >= 4 is 29.5 Å². The summed E-state index contributed by atoms with van der Waals surface area (Å²) in [6.07, 6.45) is 0.291. The third-order valence-corrected chi connectivity index (χ3v) is 7.29. The first-order chi connectivity index (χ1) is 11.7. The minimum atomic E-state index is -3.28. The van der Waals surface area contributed by atoms with Crippen molar-refractivity contribution in [3.63, 3.8) is 0 Å². The lowest BCUT2D eigenvalue weighted by Crippen LogP contribution is -2.34. The van der Waals surface area contributed by atoms with E-state index in [0.29, 0.717) is 17.0 Å². The van der Waals surface area contributed by atoms with Crippen LogP contribution in [0.2, 0.25) is 0 Å². The average Bonchev–Trinajstić information content (AvgIpc) is 2.99. The predicted octanol–water partition coefficient (Wildman–Crippen LogP) is 3.50. The van der Waals surface area contributed by atoms with Crippen LogP contribution in [-0.4, -0.2) is 5.91 Å². The molecule has 0 fully saturated rings. The van der Waals surface area contributed by atoms with Crippen molar-refractivity contribution < 1.29 is 9.36 Å². The topological polar surface area (TPSA) is 37.4 Å². The maximum absolute atomic E-state index is 14.3. The van der Waals surface area contributed by atoms with Crippen molar-refractivity contribution in [1.82, 2.24) is 0 Å². The number of para-hydroxylation sites is 1. The molecule has 0 N–H and O–H groups in total. The number of carbonyl (C=O) groups excluding carboxylic acids is 1. The fourth-order valence-electron chi connectivity index (χ4n) is 3.19. The SMILES string of the molecule is O=C1Cc2ccccc2N1P(=O)(c1ccccc1)c1ccccc1. The van der Waals surface area contributed by atoms with E-state index in [1.165, 1.54) is 4.67 Å². The van der Waals surface area contributed by atoms with Gasteiger partial charge in [0, 0.05) is 10.6 Å². The van der Waals surface area contributed by atoms with Crippen LogP contribution in [0.15, 0.2) is 84.9 Å². The second-order valence-corrected chi connectivity index (χ2v) is 8.34. The average molecular weight is 333 g/mol. The Morgan fingerprint density at radius 1 is 0.708 bits per heavy atom. The first-order valence-electron chi connectivity index (χ1n) is 7.84. The fourth-order valence-corrected chi connectivity index (χ4v) is 5.98. The molecule has 0 aromatic heterocycles. The zero-order chi connectivity index (χ0) is 16.6. The van der Waals surface area contributed by atoms with Gasteiger partial charge in [0.25, 0.3) is 0 Å². The zero-order valence-electron chi connectivity index (χ0n) is 13.0. The fraction of sp³-hybridized carbons (Fsp3) is 0.0500. The number of hydrogen-bond donors (Lipinski definition) is 0. The molecule has 3 aromatic rings. The summed E-state index contributed by atoms with van der Waals surface area (Å²) in [6, 6.07) is 26.1. The number of amides is 1. The van der Waals surface area contributed by atoms with E-state index in [-0.39, 0.29) is 5.91 Å². The molecule has 1 aliphatic rings. The van der Waals surface area contributed by atoms with Gasteiger partial charge in [0.1, 0.15) is 0 Å². The van der Waals surface area contributed by atoms with Gasteiger partial charge in [-0.3, -0.25) is 14.0 Å². The van der Waals surface area contributed by atoms with E-state index in [4.69, 9.17) is 0 Å². The Kier molecular flexibility index (Phi) is 3.59. The Labute approximate surface area is 141 Å². The van der Waals surface area contributed by atoms with Crippen molar-refractivity contribution in [1.29, 1.82) is 0 Å². The van der Waals surface area contributed by atoms with Gasteiger partial charge in [0.05, 0.1) is 12.1 Å². The minimum Gasteiger partial charge on any atom is -0.289 e. The van der Waals surface area contributed by atoms with Gasteiger partial charge in [-0.25, -0.2) is 0 Å². The monoisotopic (exact) mass is 333 g/mol. The summed E-state index contributed by atoms with van der Waals surface area (Å²) in [6.45, 7) is 0. The molecule has 0 spiro atoms. The molecule has 0 unspecified atom stereocenters. The van der Waals surface area contributed by atoms with Crippen LogP contribution in [0.3, 0.4) is 0 Å². The molecule has 0 atom stereocenters. The van der Waals surface area contributed by atoms with Crippen molar-refractivity contribution in [2.24, 2.45) is 0 Å². The first-order valence-corrected chi connectivity index (χ1v) is 9.50. The van der Waals surface area contributed by atoms with Crippen LogP contribution in [0.1, 0.15) is 5.56 Å². The van der Waals surface area contributed by atoms with Crippen molar-refractivity contribution in [2.75, 3.05) is 4.67 Å². The summed E-state index contributed by atoms with van der Waals surface area (Å²) in [4.78, 5) is 12.8. The lowest BCUT2D eigenvalue weighted by atomic mass is 10.2. The van der Waals surface area contributed by atoms with Gasteiger partial charge in [-0.1, -0.05) is 54.6 Å². The summed E-state index contributed by atoms with van der Waals surface area (Å²) >= 11 is 0. The van der Waals surface area contributed by atoms with Crippen LogP contribution in [0, 0.1) is 0 Å². The normalized spacial score (nSPS) is 13.8. The van der Waals surface area contributed by atoms with Crippen LogP contribution in [0.4, 0.5) is 5.69 Å². The summed E-state index contributed by atoms with van der Waals surface area (Å²) in [7, 11) is -3.28. The molecule has 1 heterocycles. The summed E-state index contributed by atoms with van der Waals surface area (Å²) in [5.41, 5.74) is 1.67. The van der Waals surface area contributed by atoms with Crippen molar-refractivity contribution in [3.05, 3.63) is 90.5 Å². The van der Waals surface area contributed by atoms with Gasteiger partial charge in [-0.05, 0) is 35.9 Å². The van der Waals surface area contributed by atoms with Crippen molar-refractivity contribution in [2.45, 2.75) is 6.42 Å². The maximum Gasteiger partial charge on any atom is 0.237 e. The Morgan fingerprint density at radius 3 is 1.79 bits per heavy atom. The second kappa shape index (κ2) is 5.77. The molecule has 3 aromatic carbocycles. The third-order valence-electron chi connectivity index (χ3n) is 4.29. The lowest BCUT2D eigenvalue weighted by molar-refractivity contribution is -0.116. The Balaban J connectivity index is 1.99. The molecular formula is C20H16NO2P. The highest BCUT2D eigenvalue weighted by Crippen LogP contribution is 2.53. The molecule has 0 radical (unpaired) electrons. The Bertz CT molecular complexity index is 895. The molecule has 0 aliphatic carbocycles. The second-order valence-electron chi connectivity index (χ2n) is 5.76. The van der Waals surface area contributed by atoms with Crippen LogP contribution in [-0.2, 0) is 15.8 Å². The first kappa shape index (κ1) is 14.9. The van der Waals surface area contributed by atoms with Gasteiger partial charge in [-0.2, -0.15) is 0 Å².